The molecule has 2 aromatic carbocycles. The Morgan fingerprint density at radius 2 is 1.43 bits per heavy atom. The molecule has 0 bridgehead atoms. The zero-order valence-electron chi connectivity index (χ0n) is 16.8. The van der Waals surface area contributed by atoms with Gasteiger partial charge in [0.05, 0.1) is 0 Å². The quantitative estimate of drug-likeness (QED) is 0.261. The van der Waals surface area contributed by atoms with Gasteiger partial charge in [-0.05, 0) is 42.7 Å². The van der Waals surface area contributed by atoms with Crippen molar-refractivity contribution >= 4 is 35.9 Å². The van der Waals surface area contributed by atoms with Crippen LogP contribution >= 0.6 is 0 Å². The average Bonchev–Trinajstić information content (AvgIpc) is 2.70. The van der Waals surface area contributed by atoms with Gasteiger partial charge in [-0.2, -0.15) is 0 Å². The lowest BCUT2D eigenvalue weighted by Gasteiger charge is -2.01. The van der Waals surface area contributed by atoms with Crippen LogP contribution in [-0.2, 0) is 9.59 Å². The van der Waals surface area contributed by atoms with Gasteiger partial charge in [0, 0.05) is 12.2 Å². The van der Waals surface area contributed by atoms with E-state index >= 15 is 0 Å². The molecule has 30 heavy (non-hydrogen) atoms. The fourth-order valence-electron chi connectivity index (χ4n) is 2.38. The summed E-state index contributed by atoms with van der Waals surface area (Å²) >= 11 is 0. The topological polar surface area (TPSA) is 135 Å². The number of carbonyl (C=O) groups is 2. The Labute approximate surface area is 175 Å². The minimum absolute atomic E-state index is 0.262. The van der Waals surface area contributed by atoms with Gasteiger partial charge >= 0.3 is 0 Å². The molecule has 2 aromatic rings. The minimum atomic E-state index is -0.475. The van der Waals surface area contributed by atoms with Crippen LogP contribution in [0.2, 0.25) is 0 Å². The first kappa shape index (κ1) is 22.1. The minimum Gasteiger partial charge on any atom is -0.368 e. The van der Waals surface area contributed by atoms with Crippen LogP contribution in [0.3, 0.4) is 0 Å². The van der Waals surface area contributed by atoms with Gasteiger partial charge in [0.15, 0.2) is 0 Å². The van der Waals surface area contributed by atoms with Crippen LogP contribution < -0.4 is 22.1 Å². The van der Waals surface area contributed by atoms with E-state index in [9.17, 15) is 9.59 Å². The van der Waals surface area contributed by atoms with E-state index in [1.54, 1.807) is 12.2 Å². The van der Waals surface area contributed by atoms with Crippen molar-refractivity contribution in [2.75, 3.05) is 0 Å². The third-order valence-corrected chi connectivity index (χ3v) is 3.84. The van der Waals surface area contributed by atoms with Crippen molar-refractivity contribution in [2.45, 2.75) is 13.8 Å². The van der Waals surface area contributed by atoms with Gasteiger partial charge in [-0.15, -0.1) is 10.2 Å². The highest BCUT2D eigenvalue weighted by Gasteiger charge is 2.01. The maximum absolute atomic E-state index is 11.9. The van der Waals surface area contributed by atoms with Crippen LogP contribution in [0.5, 0.6) is 0 Å². The number of nitrogens with one attached hydrogen (secondary N) is 2. The number of nitrogens with two attached hydrogens (primary N) is 2. The van der Waals surface area contributed by atoms with E-state index in [1.165, 1.54) is 12.2 Å². The van der Waals surface area contributed by atoms with Crippen LogP contribution in [0.4, 0.5) is 0 Å². The van der Waals surface area contributed by atoms with Gasteiger partial charge in [-0.3, -0.25) is 20.2 Å². The van der Waals surface area contributed by atoms with Crippen molar-refractivity contribution in [2.24, 2.45) is 21.7 Å². The normalized spacial score (nSPS) is 12.3. The molecule has 2 amide bonds. The highest BCUT2D eigenvalue weighted by Crippen LogP contribution is 2.08. The molecule has 0 aliphatic rings. The molecule has 6 N–H and O–H groups in total. The summed E-state index contributed by atoms with van der Waals surface area (Å²) in [5.41, 5.74) is 15.1. The molecular weight excluding hydrogens is 380 g/mol. The Bertz CT molecular complexity index is 1040. The molecule has 0 radical (unpaired) electrons. The number of nitrogens with zero attached hydrogens (tertiary/aromatic N) is 2. The van der Waals surface area contributed by atoms with Crippen molar-refractivity contribution in [1.29, 1.82) is 0 Å². The highest BCUT2D eigenvalue weighted by molar-refractivity contribution is 6.05. The molecule has 8 nitrogen and oxygen atoms in total. The molecule has 0 aliphatic heterocycles. The fourth-order valence-corrected chi connectivity index (χ4v) is 2.38. The maximum atomic E-state index is 11.9. The second-order valence-corrected chi connectivity index (χ2v) is 6.39. The molecule has 0 saturated heterocycles. The number of carbonyl (C=O) groups excluding carboxylic acids is 2. The van der Waals surface area contributed by atoms with Crippen molar-refractivity contribution in [1.82, 2.24) is 10.6 Å². The van der Waals surface area contributed by atoms with E-state index in [2.05, 4.69) is 20.8 Å². The maximum Gasteiger partial charge on any atom is 0.250 e. The lowest BCUT2D eigenvalue weighted by Crippen LogP contribution is -2.37. The smallest absolute Gasteiger partial charge is 0.250 e. The van der Waals surface area contributed by atoms with Crippen LogP contribution in [0.25, 0.3) is 12.2 Å². The van der Waals surface area contributed by atoms with E-state index in [1.807, 2.05) is 62.4 Å². The number of guanidine groups is 2. The second-order valence-electron chi connectivity index (χ2n) is 6.39. The third kappa shape index (κ3) is 7.81. The van der Waals surface area contributed by atoms with E-state index < -0.39 is 11.8 Å². The van der Waals surface area contributed by atoms with Gasteiger partial charge in [0.1, 0.15) is 0 Å². The summed E-state index contributed by atoms with van der Waals surface area (Å²) in [7, 11) is 0. The Morgan fingerprint density at radius 1 is 0.833 bits per heavy atom. The van der Waals surface area contributed by atoms with Gasteiger partial charge in [0.2, 0.25) is 11.9 Å². The van der Waals surface area contributed by atoms with Crippen LogP contribution in [-0.4, -0.2) is 23.7 Å². The monoisotopic (exact) mass is 404 g/mol. The summed E-state index contributed by atoms with van der Waals surface area (Å²) in [5, 5.41) is 11.8. The number of benzene rings is 2. The van der Waals surface area contributed by atoms with Gasteiger partial charge in [0.25, 0.3) is 11.8 Å². The first-order valence-corrected chi connectivity index (χ1v) is 9.10. The summed E-state index contributed by atoms with van der Waals surface area (Å²) in [4.78, 5) is 23.8. The van der Waals surface area contributed by atoms with Gasteiger partial charge < -0.3 is 11.5 Å². The van der Waals surface area contributed by atoms with Gasteiger partial charge in [-0.1, -0.05) is 54.1 Å². The number of rotatable bonds is 5. The summed E-state index contributed by atoms with van der Waals surface area (Å²) < 4.78 is 0. The van der Waals surface area contributed by atoms with Crippen LogP contribution in [0.15, 0.2) is 70.9 Å². The predicted octanol–water partition coefficient (Wildman–Crippen LogP) is 1.81. The van der Waals surface area contributed by atoms with E-state index in [-0.39, 0.29) is 11.9 Å². The first-order valence-electron chi connectivity index (χ1n) is 9.10. The zero-order chi connectivity index (χ0) is 21.9. The van der Waals surface area contributed by atoms with E-state index in [0.29, 0.717) is 0 Å². The molecule has 154 valence electrons. The first-order chi connectivity index (χ1) is 14.3. The lowest BCUT2D eigenvalue weighted by atomic mass is 10.1. The lowest BCUT2D eigenvalue weighted by molar-refractivity contribution is -0.116. The fraction of sp³-hybridized carbons (Fsp3) is 0.0909. The molecule has 8 heteroatoms. The number of amides is 2. The Hall–Kier alpha value is -4.20. The second kappa shape index (κ2) is 11.0. The molecular formula is C22H24N6O2. The molecule has 0 atom stereocenters. The number of hydrogen-bond acceptors (Lipinski definition) is 4. The average molecular weight is 404 g/mol. The third-order valence-electron chi connectivity index (χ3n) is 3.84. The Morgan fingerprint density at radius 3 is 2.03 bits per heavy atom. The molecule has 0 spiro atoms. The molecule has 0 aliphatic carbocycles. The van der Waals surface area contributed by atoms with Gasteiger partial charge in [-0.25, -0.2) is 0 Å². The Kier molecular flexibility index (Phi) is 8.07. The number of aryl methyl sites for hydroxylation is 2. The summed E-state index contributed by atoms with van der Waals surface area (Å²) in [6, 6.07) is 15.3. The molecule has 0 saturated carbocycles. The predicted molar refractivity (Wildman–Crippen MR) is 120 cm³/mol. The van der Waals surface area contributed by atoms with E-state index in [0.717, 1.165) is 22.3 Å². The van der Waals surface area contributed by atoms with Crippen molar-refractivity contribution < 1.29 is 9.59 Å². The van der Waals surface area contributed by atoms with Crippen molar-refractivity contribution in [3.8, 4) is 0 Å². The molecule has 2 rings (SSSR count). The highest BCUT2D eigenvalue weighted by atomic mass is 16.2. The van der Waals surface area contributed by atoms with Crippen molar-refractivity contribution in [3.05, 3.63) is 82.9 Å². The molecule has 0 aromatic heterocycles. The SMILES string of the molecule is Cc1cccc(C=CC(=O)NC(N)=NN=C(N)NC(=O)C=Cc2ccccc2C)c1. The summed E-state index contributed by atoms with van der Waals surface area (Å²) in [6.07, 6.45) is 5.96. The van der Waals surface area contributed by atoms with Crippen LogP contribution in [0.1, 0.15) is 22.3 Å². The summed E-state index contributed by atoms with van der Waals surface area (Å²) in [5.74, 6) is -1.47. The number of hydrogen-bond donors (Lipinski definition) is 4. The van der Waals surface area contributed by atoms with Crippen LogP contribution in [0, 0.1) is 13.8 Å². The van der Waals surface area contributed by atoms with Crippen molar-refractivity contribution in [3.63, 3.8) is 0 Å². The Balaban J connectivity index is 1.87. The molecule has 0 unspecified atom stereocenters. The molecule has 0 fully saturated rings. The zero-order valence-corrected chi connectivity index (χ0v) is 16.8. The standard InChI is InChI=1S/C22H24N6O2/c1-15-6-5-8-17(14-15)10-12-19(29)25-21(23)27-28-22(24)26-20(30)13-11-18-9-4-3-7-16(18)2/h3-14H,1-2H3,(H3,23,25,27,29)(H3,24,26,28,30). The molecule has 0 heterocycles. The largest absolute Gasteiger partial charge is 0.368 e. The summed E-state index contributed by atoms with van der Waals surface area (Å²) in [6.45, 7) is 3.90. The van der Waals surface area contributed by atoms with E-state index in [4.69, 9.17) is 11.5 Å².